The monoisotopic (exact) mass is 310 g/mol. The number of anilines is 1. The molecule has 0 aromatic heterocycles. The number of nitrogen functional groups attached to an aromatic ring is 1. The lowest BCUT2D eigenvalue weighted by atomic mass is 10.3. The Hall–Kier alpha value is -0.860. The number of thioether (sulfide) groups is 1. The van der Waals surface area contributed by atoms with E-state index in [9.17, 15) is 17.2 Å². The van der Waals surface area contributed by atoms with Crippen LogP contribution in [0, 0.1) is 11.6 Å². The summed E-state index contributed by atoms with van der Waals surface area (Å²) in [6.45, 7) is 1.82. The predicted molar refractivity (Wildman–Crippen MR) is 73.6 cm³/mol. The van der Waals surface area contributed by atoms with Crippen LogP contribution in [-0.4, -0.2) is 26.5 Å². The third-order valence-corrected chi connectivity index (χ3v) is 4.84. The molecule has 0 fully saturated rings. The van der Waals surface area contributed by atoms with E-state index in [1.54, 1.807) is 0 Å². The Bertz CT molecular complexity index is 550. The summed E-state index contributed by atoms with van der Waals surface area (Å²) in [7, 11) is -4.05. The molecule has 1 rings (SSSR count). The summed E-state index contributed by atoms with van der Waals surface area (Å²) < 4.78 is 53.1. The van der Waals surface area contributed by atoms with Crippen LogP contribution in [0.5, 0.6) is 0 Å². The first-order valence-corrected chi connectivity index (χ1v) is 8.46. The molecule has 1 unspecified atom stereocenters. The Labute approximate surface area is 115 Å². The van der Waals surface area contributed by atoms with Crippen molar-refractivity contribution in [2.75, 3.05) is 17.7 Å². The smallest absolute Gasteiger partial charge is 0.243 e. The van der Waals surface area contributed by atoms with Crippen LogP contribution in [-0.2, 0) is 10.0 Å². The first-order chi connectivity index (χ1) is 8.83. The third kappa shape index (κ3) is 3.80. The molecule has 1 aromatic rings. The van der Waals surface area contributed by atoms with Gasteiger partial charge in [-0.2, -0.15) is 11.8 Å². The fourth-order valence-corrected chi connectivity index (χ4v) is 3.71. The predicted octanol–water partition coefficient (Wildman–Crippen LogP) is 1.97. The number of sulfonamides is 1. The molecule has 0 bridgehead atoms. The summed E-state index contributed by atoms with van der Waals surface area (Å²) in [5.41, 5.74) is 4.36. The summed E-state index contributed by atoms with van der Waals surface area (Å²) in [5, 5.41) is 0. The van der Waals surface area contributed by atoms with Crippen molar-refractivity contribution in [3.63, 3.8) is 0 Å². The molecule has 4 nitrogen and oxygen atoms in total. The maximum Gasteiger partial charge on any atom is 0.243 e. The third-order valence-electron chi connectivity index (χ3n) is 2.56. The van der Waals surface area contributed by atoms with Gasteiger partial charge in [0.15, 0.2) is 5.82 Å². The minimum Gasteiger partial charge on any atom is -0.394 e. The molecule has 0 aliphatic rings. The van der Waals surface area contributed by atoms with Gasteiger partial charge in [0.1, 0.15) is 16.4 Å². The van der Waals surface area contributed by atoms with Gasteiger partial charge < -0.3 is 5.73 Å². The van der Waals surface area contributed by atoms with Crippen LogP contribution in [0.2, 0.25) is 0 Å². The Balaban J connectivity index is 3.10. The van der Waals surface area contributed by atoms with Crippen molar-refractivity contribution in [2.24, 2.45) is 0 Å². The maximum atomic E-state index is 13.7. The Morgan fingerprint density at radius 3 is 2.58 bits per heavy atom. The zero-order chi connectivity index (χ0) is 14.6. The largest absolute Gasteiger partial charge is 0.394 e. The molecule has 0 radical (unpaired) electrons. The van der Waals surface area contributed by atoms with Crippen LogP contribution < -0.4 is 10.5 Å². The number of hydrogen-bond acceptors (Lipinski definition) is 4. The van der Waals surface area contributed by atoms with E-state index in [-0.39, 0.29) is 6.04 Å². The van der Waals surface area contributed by atoms with Crippen molar-refractivity contribution in [1.29, 1.82) is 0 Å². The second kappa shape index (κ2) is 6.53. The van der Waals surface area contributed by atoms with E-state index in [2.05, 4.69) is 4.72 Å². The summed E-state index contributed by atoms with van der Waals surface area (Å²) >= 11 is 1.47. The molecule has 108 valence electrons. The summed E-state index contributed by atoms with van der Waals surface area (Å²) in [6, 6.07) is 1.39. The SMILES string of the molecule is CCC(CSC)NS(=O)(=O)c1ccc(F)c(N)c1F. The van der Waals surface area contributed by atoms with Crippen molar-refractivity contribution in [3.05, 3.63) is 23.8 Å². The first-order valence-electron chi connectivity index (χ1n) is 5.58. The van der Waals surface area contributed by atoms with Crippen LogP contribution >= 0.6 is 11.8 Å². The lowest BCUT2D eigenvalue weighted by Crippen LogP contribution is -2.36. The maximum absolute atomic E-state index is 13.7. The van der Waals surface area contributed by atoms with E-state index < -0.39 is 32.2 Å². The van der Waals surface area contributed by atoms with E-state index >= 15 is 0 Å². The summed E-state index contributed by atoms with van der Waals surface area (Å²) in [5.74, 6) is -1.67. The lowest BCUT2D eigenvalue weighted by Gasteiger charge is -2.16. The summed E-state index contributed by atoms with van der Waals surface area (Å²) in [6.07, 6.45) is 2.41. The van der Waals surface area contributed by atoms with E-state index in [0.717, 1.165) is 12.1 Å². The van der Waals surface area contributed by atoms with Gasteiger partial charge >= 0.3 is 0 Å². The van der Waals surface area contributed by atoms with E-state index in [1.165, 1.54) is 11.8 Å². The Kier molecular flexibility index (Phi) is 5.57. The molecular formula is C11H16F2N2O2S2. The zero-order valence-corrected chi connectivity index (χ0v) is 12.2. The first kappa shape index (κ1) is 16.2. The van der Waals surface area contributed by atoms with Crippen molar-refractivity contribution in [1.82, 2.24) is 4.72 Å². The van der Waals surface area contributed by atoms with Crippen LogP contribution in [0.15, 0.2) is 17.0 Å². The van der Waals surface area contributed by atoms with E-state index in [4.69, 9.17) is 5.73 Å². The van der Waals surface area contributed by atoms with Gasteiger partial charge in [0.05, 0.1) is 0 Å². The van der Waals surface area contributed by atoms with Crippen molar-refractivity contribution >= 4 is 27.5 Å². The molecule has 19 heavy (non-hydrogen) atoms. The fraction of sp³-hybridized carbons (Fsp3) is 0.455. The molecule has 0 saturated heterocycles. The molecule has 1 atom stereocenters. The average molecular weight is 310 g/mol. The fourth-order valence-electron chi connectivity index (χ4n) is 1.48. The number of benzene rings is 1. The van der Waals surface area contributed by atoms with Gasteiger partial charge in [0, 0.05) is 11.8 Å². The molecule has 3 N–H and O–H groups in total. The van der Waals surface area contributed by atoms with Gasteiger partial charge in [0.25, 0.3) is 0 Å². The van der Waals surface area contributed by atoms with Gasteiger partial charge in [-0.25, -0.2) is 21.9 Å². The second-order valence-electron chi connectivity index (χ2n) is 3.95. The van der Waals surface area contributed by atoms with Crippen molar-refractivity contribution in [3.8, 4) is 0 Å². The van der Waals surface area contributed by atoms with Crippen LogP contribution in [0.25, 0.3) is 0 Å². The molecule has 8 heteroatoms. The molecule has 0 spiro atoms. The highest BCUT2D eigenvalue weighted by Crippen LogP contribution is 2.23. The normalized spacial score (nSPS) is 13.5. The molecule has 0 aliphatic carbocycles. The molecule has 0 heterocycles. The van der Waals surface area contributed by atoms with Gasteiger partial charge in [-0.05, 0) is 24.8 Å². The number of nitrogens with one attached hydrogen (secondary N) is 1. The van der Waals surface area contributed by atoms with Gasteiger partial charge in [-0.1, -0.05) is 6.92 Å². The zero-order valence-electron chi connectivity index (χ0n) is 10.6. The average Bonchev–Trinajstić information content (AvgIpc) is 2.34. The van der Waals surface area contributed by atoms with Crippen LogP contribution in [0.1, 0.15) is 13.3 Å². The molecule has 0 amide bonds. The van der Waals surface area contributed by atoms with E-state index in [1.807, 2.05) is 13.2 Å². The van der Waals surface area contributed by atoms with Crippen molar-refractivity contribution in [2.45, 2.75) is 24.3 Å². The van der Waals surface area contributed by atoms with Gasteiger partial charge in [-0.15, -0.1) is 0 Å². The number of hydrogen-bond donors (Lipinski definition) is 2. The second-order valence-corrected chi connectivity index (χ2v) is 6.55. The number of nitrogens with two attached hydrogens (primary N) is 1. The molecule has 0 aliphatic heterocycles. The Morgan fingerprint density at radius 2 is 2.05 bits per heavy atom. The van der Waals surface area contributed by atoms with Crippen LogP contribution in [0.4, 0.5) is 14.5 Å². The molecule has 0 saturated carbocycles. The number of halogens is 2. The number of rotatable bonds is 6. The summed E-state index contributed by atoms with van der Waals surface area (Å²) in [4.78, 5) is -0.633. The van der Waals surface area contributed by atoms with Gasteiger partial charge in [0.2, 0.25) is 10.0 Å². The molecule has 1 aromatic carbocycles. The minimum absolute atomic E-state index is 0.314. The van der Waals surface area contributed by atoms with Crippen molar-refractivity contribution < 1.29 is 17.2 Å². The van der Waals surface area contributed by atoms with E-state index in [0.29, 0.717) is 12.2 Å². The topological polar surface area (TPSA) is 72.2 Å². The standard InChI is InChI=1S/C11H16F2N2O2S2/c1-3-7(6-18-2)15-19(16,17)9-5-4-8(12)11(14)10(9)13/h4-5,7,15H,3,6,14H2,1-2H3. The quantitative estimate of drug-likeness (QED) is 0.788. The van der Waals surface area contributed by atoms with Gasteiger partial charge in [-0.3, -0.25) is 0 Å². The minimum atomic E-state index is -4.05. The van der Waals surface area contributed by atoms with Crippen LogP contribution in [0.3, 0.4) is 0 Å². The Morgan fingerprint density at radius 1 is 1.42 bits per heavy atom. The highest BCUT2D eigenvalue weighted by atomic mass is 32.2. The lowest BCUT2D eigenvalue weighted by molar-refractivity contribution is 0.536. The highest BCUT2D eigenvalue weighted by molar-refractivity contribution is 7.98. The highest BCUT2D eigenvalue weighted by Gasteiger charge is 2.24. The molecular weight excluding hydrogens is 294 g/mol.